The molecule has 0 spiro atoms. The van der Waals surface area contributed by atoms with Crippen LogP contribution in [0.15, 0.2) is 103 Å². The van der Waals surface area contributed by atoms with E-state index in [4.69, 9.17) is 8.83 Å². The smallest absolute Gasteiger partial charge is 0.200 e. The summed E-state index contributed by atoms with van der Waals surface area (Å²) in [7, 11) is 0. The summed E-state index contributed by atoms with van der Waals surface area (Å²) in [5.74, 6) is 0. The van der Waals surface area contributed by atoms with Gasteiger partial charge in [0.25, 0.3) is 0 Å². The molecule has 0 aliphatic carbocycles. The Hall–Kier alpha value is -4.18. The Morgan fingerprint density at radius 2 is 0.969 bits per heavy atom. The summed E-state index contributed by atoms with van der Waals surface area (Å²) in [6.45, 7) is 3.95. The first kappa shape index (κ1) is 19.8. The molecule has 6 aromatic rings. The molecule has 0 atom stereocenters. The summed E-state index contributed by atoms with van der Waals surface area (Å²) in [4.78, 5) is 24.4. The van der Waals surface area contributed by atoms with Crippen LogP contribution in [0.1, 0.15) is 11.1 Å². The molecule has 32 heavy (non-hydrogen) atoms. The third kappa shape index (κ3) is 3.36. The normalized spacial score (nSPS) is 11.1. The Morgan fingerprint density at radius 1 is 0.531 bits per heavy atom. The highest BCUT2D eigenvalue weighted by Gasteiger charge is 2.09. The number of fused-ring (bicyclic) bond motifs is 4. The summed E-state index contributed by atoms with van der Waals surface area (Å²) in [5, 5.41) is 2.58. The molecule has 0 radical (unpaired) electrons. The average Bonchev–Trinajstić information content (AvgIpc) is 2.81. The van der Waals surface area contributed by atoms with Gasteiger partial charge in [0.2, 0.25) is 10.9 Å². The van der Waals surface area contributed by atoms with Gasteiger partial charge in [-0.1, -0.05) is 42.5 Å². The molecular formula is C28H20O4. The number of benzene rings is 4. The molecule has 2 heterocycles. The zero-order valence-corrected chi connectivity index (χ0v) is 17.7. The molecule has 4 nitrogen and oxygen atoms in total. The van der Waals surface area contributed by atoms with Crippen LogP contribution >= 0.6 is 0 Å². The van der Waals surface area contributed by atoms with E-state index in [0.29, 0.717) is 43.9 Å². The monoisotopic (exact) mass is 420 g/mol. The van der Waals surface area contributed by atoms with Gasteiger partial charge in [-0.2, -0.15) is 0 Å². The van der Waals surface area contributed by atoms with Gasteiger partial charge in [-0.3, -0.25) is 9.59 Å². The van der Waals surface area contributed by atoms with Crippen molar-refractivity contribution in [3.05, 3.63) is 117 Å². The van der Waals surface area contributed by atoms with Crippen LogP contribution < -0.4 is 10.9 Å². The molecule has 0 amide bonds. The number of aryl methyl sites for hydroxylation is 2. The lowest BCUT2D eigenvalue weighted by atomic mass is 10.1. The molecule has 0 saturated heterocycles. The fourth-order valence-corrected chi connectivity index (χ4v) is 4.01. The first-order valence-electron chi connectivity index (χ1n) is 10.4. The van der Waals surface area contributed by atoms with Crippen LogP contribution in [0.2, 0.25) is 0 Å². The maximum atomic E-state index is 12.3. The minimum atomic E-state index is 0.0347. The lowest BCUT2D eigenvalue weighted by Gasteiger charge is -2.05. The van der Waals surface area contributed by atoms with E-state index in [2.05, 4.69) is 0 Å². The summed E-state index contributed by atoms with van der Waals surface area (Å²) in [6, 6.07) is 25.9. The number of rotatable bonds is 0. The largest absolute Gasteiger partial charge is 0.456 e. The lowest BCUT2D eigenvalue weighted by molar-refractivity contribution is 0.656. The van der Waals surface area contributed by atoms with Crippen LogP contribution in [-0.2, 0) is 0 Å². The van der Waals surface area contributed by atoms with Crippen molar-refractivity contribution < 1.29 is 8.83 Å². The molecule has 0 fully saturated rings. The van der Waals surface area contributed by atoms with Gasteiger partial charge in [0.1, 0.15) is 22.3 Å². The Kier molecular flexibility index (Phi) is 4.83. The van der Waals surface area contributed by atoms with E-state index in [-0.39, 0.29) is 10.9 Å². The second-order valence-corrected chi connectivity index (χ2v) is 7.81. The minimum absolute atomic E-state index is 0.0347. The van der Waals surface area contributed by atoms with E-state index in [1.165, 1.54) is 0 Å². The SMILES string of the molecule is Cc1cc(C)c2oc3ccccc3c(=O)c2c1.O=c1c2ccccc2oc2ccccc12. The number of para-hydroxylation sites is 3. The first-order valence-corrected chi connectivity index (χ1v) is 10.4. The molecule has 6 rings (SSSR count). The summed E-state index contributed by atoms with van der Waals surface area (Å²) in [5.41, 5.74) is 4.79. The lowest BCUT2D eigenvalue weighted by Crippen LogP contribution is -2.03. The van der Waals surface area contributed by atoms with Crippen molar-refractivity contribution in [2.75, 3.05) is 0 Å². The maximum absolute atomic E-state index is 12.3. The van der Waals surface area contributed by atoms with Gasteiger partial charge >= 0.3 is 0 Å². The topological polar surface area (TPSA) is 60.4 Å². The molecule has 156 valence electrons. The standard InChI is InChI=1S/C15H12O2.C13H8O2/c1-9-7-10(2)15-12(8-9)14(16)11-5-3-4-6-13(11)17-15;14-13-9-5-1-3-7-11(9)15-12-8-4-2-6-10(12)13/h3-8H,1-2H3;1-8H. The fourth-order valence-electron chi connectivity index (χ4n) is 4.01. The summed E-state index contributed by atoms with van der Waals surface area (Å²) >= 11 is 0. The number of hydrogen-bond donors (Lipinski definition) is 0. The van der Waals surface area contributed by atoms with E-state index in [9.17, 15) is 9.59 Å². The van der Waals surface area contributed by atoms with E-state index >= 15 is 0 Å². The van der Waals surface area contributed by atoms with Crippen LogP contribution in [0.5, 0.6) is 0 Å². The van der Waals surface area contributed by atoms with Crippen molar-refractivity contribution in [3.63, 3.8) is 0 Å². The van der Waals surface area contributed by atoms with Crippen molar-refractivity contribution >= 4 is 43.9 Å². The van der Waals surface area contributed by atoms with Crippen molar-refractivity contribution in [1.29, 1.82) is 0 Å². The van der Waals surface area contributed by atoms with Crippen molar-refractivity contribution in [2.24, 2.45) is 0 Å². The van der Waals surface area contributed by atoms with Gasteiger partial charge < -0.3 is 8.83 Å². The molecule has 0 aliphatic heterocycles. The predicted molar refractivity (Wildman–Crippen MR) is 129 cm³/mol. The first-order chi connectivity index (χ1) is 15.5. The van der Waals surface area contributed by atoms with E-state index in [1.807, 2.05) is 80.6 Å². The molecule has 0 aliphatic rings. The third-order valence-electron chi connectivity index (χ3n) is 5.49. The molecule has 4 aromatic carbocycles. The second kappa shape index (κ2) is 7.82. The Morgan fingerprint density at radius 3 is 1.50 bits per heavy atom. The zero-order valence-electron chi connectivity index (χ0n) is 17.7. The molecular weight excluding hydrogens is 400 g/mol. The highest BCUT2D eigenvalue weighted by Crippen LogP contribution is 2.22. The van der Waals surface area contributed by atoms with Crippen molar-refractivity contribution in [2.45, 2.75) is 13.8 Å². The van der Waals surface area contributed by atoms with Crippen molar-refractivity contribution in [3.8, 4) is 0 Å². The maximum Gasteiger partial charge on any atom is 0.200 e. The highest BCUT2D eigenvalue weighted by molar-refractivity contribution is 5.91. The van der Waals surface area contributed by atoms with Crippen LogP contribution in [0.3, 0.4) is 0 Å². The number of hydrogen-bond acceptors (Lipinski definition) is 4. The fraction of sp³-hybridized carbons (Fsp3) is 0.0714. The van der Waals surface area contributed by atoms with Gasteiger partial charge in [0.05, 0.1) is 21.5 Å². The zero-order chi connectivity index (χ0) is 22.2. The molecule has 4 heteroatoms. The van der Waals surface area contributed by atoms with Crippen LogP contribution in [0.4, 0.5) is 0 Å². The van der Waals surface area contributed by atoms with E-state index in [0.717, 1.165) is 11.1 Å². The van der Waals surface area contributed by atoms with Gasteiger partial charge in [-0.25, -0.2) is 0 Å². The molecule has 0 unspecified atom stereocenters. The predicted octanol–water partition coefficient (Wildman–Crippen LogP) is 6.51. The molecule has 0 saturated carbocycles. The molecule has 0 bridgehead atoms. The average molecular weight is 420 g/mol. The van der Waals surface area contributed by atoms with E-state index in [1.54, 1.807) is 18.2 Å². The van der Waals surface area contributed by atoms with Crippen LogP contribution in [0, 0.1) is 13.8 Å². The molecule has 0 N–H and O–H groups in total. The minimum Gasteiger partial charge on any atom is -0.456 e. The Labute approximate surface area is 183 Å². The Balaban J connectivity index is 0.000000136. The van der Waals surface area contributed by atoms with E-state index < -0.39 is 0 Å². The van der Waals surface area contributed by atoms with Crippen molar-refractivity contribution in [1.82, 2.24) is 0 Å². The highest BCUT2D eigenvalue weighted by atomic mass is 16.3. The summed E-state index contributed by atoms with van der Waals surface area (Å²) < 4.78 is 11.4. The Bertz CT molecular complexity index is 1680. The van der Waals surface area contributed by atoms with Crippen LogP contribution in [-0.4, -0.2) is 0 Å². The molecule has 2 aromatic heterocycles. The second-order valence-electron chi connectivity index (χ2n) is 7.81. The van der Waals surface area contributed by atoms with Gasteiger partial charge in [0, 0.05) is 0 Å². The quantitative estimate of drug-likeness (QED) is 0.263. The summed E-state index contributed by atoms with van der Waals surface area (Å²) in [6.07, 6.45) is 0. The third-order valence-corrected chi connectivity index (χ3v) is 5.49. The van der Waals surface area contributed by atoms with Gasteiger partial charge in [0.15, 0.2) is 0 Å². The van der Waals surface area contributed by atoms with Gasteiger partial charge in [-0.05, 0) is 67.4 Å². The van der Waals surface area contributed by atoms with Gasteiger partial charge in [-0.15, -0.1) is 0 Å². The van der Waals surface area contributed by atoms with Crippen LogP contribution in [0.25, 0.3) is 43.9 Å².